The number of carboxylic acid groups (broad SMARTS) is 1. The van der Waals surface area contributed by atoms with Gasteiger partial charge in [0.05, 0.1) is 31.7 Å². The number of methoxy groups -OCH3 is 2. The molecule has 1 saturated heterocycles. The normalized spacial score (nSPS) is 17.0. The van der Waals surface area contributed by atoms with Crippen molar-refractivity contribution in [2.45, 2.75) is 19.4 Å². The van der Waals surface area contributed by atoms with Crippen LogP contribution in [0.4, 0.5) is 0 Å². The van der Waals surface area contributed by atoms with Crippen LogP contribution in [-0.2, 0) is 16.1 Å². The Hall–Kier alpha value is -3.10. The zero-order chi connectivity index (χ0) is 19.6. The van der Waals surface area contributed by atoms with Crippen molar-refractivity contribution in [2.24, 2.45) is 5.92 Å². The van der Waals surface area contributed by atoms with Crippen molar-refractivity contribution in [3.05, 3.63) is 28.7 Å². The number of hydrogen-bond donors (Lipinski definition) is 1. The lowest BCUT2D eigenvalue weighted by Gasteiger charge is -2.30. The maximum Gasteiger partial charge on any atom is 0.308 e. The first kappa shape index (κ1) is 18.7. The Morgan fingerprint density at radius 3 is 2.74 bits per heavy atom. The molecule has 9 nitrogen and oxygen atoms in total. The number of hydrogen-bond acceptors (Lipinski definition) is 6. The second kappa shape index (κ2) is 7.65. The highest BCUT2D eigenvalue weighted by Crippen LogP contribution is 2.32. The van der Waals surface area contributed by atoms with Crippen LogP contribution in [-0.4, -0.2) is 59.0 Å². The van der Waals surface area contributed by atoms with E-state index in [1.807, 2.05) is 0 Å². The van der Waals surface area contributed by atoms with E-state index in [1.54, 1.807) is 12.1 Å². The molecular formula is C18H21N3O6. The van der Waals surface area contributed by atoms with Crippen LogP contribution in [0, 0.1) is 5.92 Å². The molecule has 0 bridgehead atoms. The second-order valence-electron chi connectivity index (χ2n) is 6.39. The van der Waals surface area contributed by atoms with Gasteiger partial charge >= 0.3 is 5.97 Å². The number of carbonyl (C=O) groups is 2. The van der Waals surface area contributed by atoms with Gasteiger partial charge in [-0.25, -0.2) is 4.68 Å². The van der Waals surface area contributed by atoms with Gasteiger partial charge in [0, 0.05) is 18.5 Å². The molecule has 2 aromatic rings. The van der Waals surface area contributed by atoms with Crippen LogP contribution in [0.1, 0.15) is 12.8 Å². The first-order chi connectivity index (χ1) is 13.0. The van der Waals surface area contributed by atoms with Crippen molar-refractivity contribution < 1.29 is 24.2 Å². The molecule has 144 valence electrons. The van der Waals surface area contributed by atoms with E-state index in [0.29, 0.717) is 30.5 Å². The molecule has 0 spiro atoms. The van der Waals surface area contributed by atoms with E-state index in [1.165, 1.54) is 25.3 Å². The lowest BCUT2D eigenvalue weighted by atomic mass is 9.98. The number of carbonyl (C=O) groups excluding carboxylic acids is 1. The molecular weight excluding hydrogens is 354 g/mol. The molecule has 3 rings (SSSR count). The minimum Gasteiger partial charge on any atom is -0.493 e. The Bertz CT molecular complexity index is 939. The van der Waals surface area contributed by atoms with Gasteiger partial charge in [-0.05, 0) is 25.0 Å². The van der Waals surface area contributed by atoms with Crippen molar-refractivity contribution >= 4 is 22.6 Å². The summed E-state index contributed by atoms with van der Waals surface area (Å²) in [7, 11) is 2.91. The van der Waals surface area contributed by atoms with Gasteiger partial charge < -0.3 is 19.5 Å². The maximum absolute atomic E-state index is 12.9. The number of likely N-dealkylation sites (tertiary alicyclic amines) is 1. The van der Waals surface area contributed by atoms with Gasteiger partial charge in [0.2, 0.25) is 5.91 Å². The van der Waals surface area contributed by atoms with E-state index in [9.17, 15) is 14.4 Å². The lowest BCUT2D eigenvalue weighted by Crippen LogP contribution is -2.44. The molecule has 27 heavy (non-hydrogen) atoms. The molecule has 1 aliphatic rings. The van der Waals surface area contributed by atoms with Gasteiger partial charge in [0.1, 0.15) is 6.54 Å². The van der Waals surface area contributed by atoms with Gasteiger partial charge in [0.15, 0.2) is 11.5 Å². The van der Waals surface area contributed by atoms with Gasteiger partial charge in [-0.1, -0.05) is 0 Å². The second-order valence-corrected chi connectivity index (χ2v) is 6.39. The van der Waals surface area contributed by atoms with Crippen LogP contribution in [0.15, 0.2) is 23.1 Å². The van der Waals surface area contributed by atoms with Gasteiger partial charge in [-0.15, -0.1) is 0 Å². The SMILES string of the molecule is COc1ccc2cnn(CC(=O)N3CCC[C@@H](C(=O)O)C3)c(=O)c2c1OC. The van der Waals surface area contributed by atoms with Crippen molar-refractivity contribution in [1.29, 1.82) is 0 Å². The Labute approximate surface area is 155 Å². The van der Waals surface area contributed by atoms with Crippen LogP contribution in [0.3, 0.4) is 0 Å². The van der Waals surface area contributed by atoms with Crippen LogP contribution in [0.2, 0.25) is 0 Å². The van der Waals surface area contributed by atoms with E-state index in [4.69, 9.17) is 14.6 Å². The molecule has 0 saturated carbocycles. The highest BCUT2D eigenvalue weighted by atomic mass is 16.5. The summed E-state index contributed by atoms with van der Waals surface area (Å²) < 4.78 is 11.6. The number of carboxylic acids is 1. The molecule has 1 aromatic carbocycles. The fourth-order valence-electron chi connectivity index (χ4n) is 3.33. The molecule has 0 unspecified atom stereocenters. The molecule has 0 aliphatic carbocycles. The molecule has 1 fully saturated rings. The maximum atomic E-state index is 12.9. The fourth-order valence-corrected chi connectivity index (χ4v) is 3.33. The summed E-state index contributed by atoms with van der Waals surface area (Å²) in [6.45, 7) is 0.358. The van der Waals surface area contributed by atoms with Crippen molar-refractivity contribution in [2.75, 3.05) is 27.3 Å². The number of piperidine rings is 1. The van der Waals surface area contributed by atoms with Gasteiger partial charge in [-0.2, -0.15) is 5.10 Å². The third kappa shape index (κ3) is 3.57. The summed E-state index contributed by atoms with van der Waals surface area (Å²) in [6, 6.07) is 3.37. The number of amides is 1. The van der Waals surface area contributed by atoms with E-state index >= 15 is 0 Å². The molecule has 9 heteroatoms. The quantitative estimate of drug-likeness (QED) is 0.820. The van der Waals surface area contributed by atoms with Crippen molar-refractivity contribution in [1.82, 2.24) is 14.7 Å². The monoisotopic (exact) mass is 375 g/mol. The summed E-state index contributed by atoms with van der Waals surface area (Å²) >= 11 is 0. The predicted molar refractivity (Wildman–Crippen MR) is 96.0 cm³/mol. The van der Waals surface area contributed by atoms with Crippen LogP contribution < -0.4 is 15.0 Å². The van der Waals surface area contributed by atoms with Crippen molar-refractivity contribution in [3.63, 3.8) is 0 Å². The number of rotatable bonds is 5. The highest BCUT2D eigenvalue weighted by molar-refractivity contribution is 5.89. The summed E-state index contributed by atoms with van der Waals surface area (Å²) in [5.41, 5.74) is -0.469. The van der Waals surface area contributed by atoms with E-state index in [0.717, 1.165) is 4.68 Å². The molecule has 0 radical (unpaired) electrons. The Balaban J connectivity index is 1.91. The molecule has 1 atom stereocenters. The highest BCUT2D eigenvalue weighted by Gasteiger charge is 2.28. The smallest absolute Gasteiger partial charge is 0.308 e. The third-order valence-electron chi connectivity index (χ3n) is 4.77. The topological polar surface area (TPSA) is 111 Å². The summed E-state index contributed by atoms with van der Waals surface area (Å²) in [5.74, 6) is -1.13. The number of aliphatic carboxylic acids is 1. The van der Waals surface area contributed by atoms with E-state index < -0.39 is 17.4 Å². The molecule has 2 heterocycles. The van der Waals surface area contributed by atoms with Gasteiger partial charge in [-0.3, -0.25) is 14.4 Å². The largest absolute Gasteiger partial charge is 0.493 e. The number of fused-ring (bicyclic) bond motifs is 1. The minimum absolute atomic E-state index is 0.146. The zero-order valence-corrected chi connectivity index (χ0v) is 15.2. The fraction of sp³-hybridized carbons (Fsp3) is 0.444. The predicted octanol–water partition coefficient (Wildman–Crippen LogP) is 0.737. The number of nitrogens with zero attached hydrogens (tertiary/aromatic N) is 3. The Morgan fingerprint density at radius 2 is 2.07 bits per heavy atom. The summed E-state index contributed by atoms with van der Waals surface area (Å²) in [6.07, 6.45) is 2.65. The first-order valence-corrected chi connectivity index (χ1v) is 8.57. The molecule has 1 aromatic heterocycles. The Kier molecular flexibility index (Phi) is 5.29. The van der Waals surface area contributed by atoms with Crippen LogP contribution in [0.25, 0.3) is 10.8 Å². The minimum atomic E-state index is -0.912. The molecule has 1 aliphatic heterocycles. The van der Waals surface area contributed by atoms with Crippen LogP contribution >= 0.6 is 0 Å². The number of benzene rings is 1. The lowest BCUT2D eigenvalue weighted by molar-refractivity contribution is -0.145. The van der Waals surface area contributed by atoms with E-state index in [2.05, 4.69) is 5.10 Å². The van der Waals surface area contributed by atoms with E-state index in [-0.39, 0.29) is 30.1 Å². The number of ether oxygens (including phenoxy) is 2. The Morgan fingerprint density at radius 1 is 1.30 bits per heavy atom. The van der Waals surface area contributed by atoms with Crippen molar-refractivity contribution in [3.8, 4) is 11.5 Å². The third-order valence-corrected chi connectivity index (χ3v) is 4.77. The molecule has 1 N–H and O–H groups in total. The standard InChI is InChI=1S/C18H21N3O6/c1-26-13-6-5-11-8-19-21(17(23)15(11)16(13)27-2)10-14(22)20-7-3-4-12(9-20)18(24)25/h5-6,8,12H,3-4,7,9-10H2,1-2H3,(H,24,25)/t12-/m1/s1. The average Bonchev–Trinajstić information content (AvgIpc) is 2.69. The average molecular weight is 375 g/mol. The number of aromatic nitrogens is 2. The van der Waals surface area contributed by atoms with Gasteiger partial charge in [0.25, 0.3) is 5.56 Å². The summed E-state index contributed by atoms with van der Waals surface area (Å²) in [4.78, 5) is 38.1. The van der Waals surface area contributed by atoms with Crippen LogP contribution in [0.5, 0.6) is 11.5 Å². The zero-order valence-electron chi connectivity index (χ0n) is 15.2. The first-order valence-electron chi connectivity index (χ1n) is 8.57. The molecule has 1 amide bonds. The summed E-state index contributed by atoms with van der Waals surface area (Å²) in [5, 5.41) is 14.1.